The van der Waals surface area contributed by atoms with Crippen LogP contribution in [0.15, 0.2) is 11.3 Å². The molecule has 3 nitrogen and oxygen atoms in total. The lowest BCUT2D eigenvalue weighted by Gasteiger charge is -2.33. The van der Waals surface area contributed by atoms with Crippen LogP contribution in [0.3, 0.4) is 0 Å². The molecule has 0 aromatic heterocycles. The van der Waals surface area contributed by atoms with Gasteiger partial charge in [-0.15, -0.1) is 0 Å². The van der Waals surface area contributed by atoms with Gasteiger partial charge in [0.1, 0.15) is 0 Å². The first-order valence-corrected chi connectivity index (χ1v) is 5.32. The minimum absolute atomic E-state index is 0.132. The fraction of sp³-hybridized carbons (Fsp3) is 0.727. The summed E-state index contributed by atoms with van der Waals surface area (Å²) in [5.41, 5.74) is 7.31. The summed E-state index contributed by atoms with van der Waals surface area (Å²) < 4.78 is 5.79. The molecule has 1 saturated carbocycles. The van der Waals surface area contributed by atoms with E-state index in [9.17, 15) is 4.79 Å². The zero-order valence-electron chi connectivity index (χ0n) is 8.42. The topological polar surface area (TPSA) is 52.3 Å². The maximum Gasteiger partial charge on any atom is 0.165 e. The third kappa shape index (κ3) is 1.69. The first-order chi connectivity index (χ1) is 6.76. The number of aldehydes is 1. The van der Waals surface area contributed by atoms with Crippen LogP contribution in [0.25, 0.3) is 0 Å². The monoisotopic (exact) mass is 195 g/mol. The van der Waals surface area contributed by atoms with E-state index in [1.165, 1.54) is 12.8 Å². The van der Waals surface area contributed by atoms with E-state index in [1.54, 1.807) is 0 Å². The van der Waals surface area contributed by atoms with E-state index in [0.717, 1.165) is 44.1 Å². The van der Waals surface area contributed by atoms with Gasteiger partial charge in [-0.3, -0.25) is 4.79 Å². The predicted octanol–water partition coefficient (Wildman–Crippen LogP) is 1.52. The lowest BCUT2D eigenvalue weighted by atomic mass is 9.80. The molecule has 0 aromatic carbocycles. The summed E-state index contributed by atoms with van der Waals surface area (Å²) in [5.74, 6) is 0. The summed E-state index contributed by atoms with van der Waals surface area (Å²) in [7, 11) is 0. The minimum atomic E-state index is 0.132. The van der Waals surface area contributed by atoms with E-state index >= 15 is 0 Å². The number of hydrogen-bond acceptors (Lipinski definition) is 3. The van der Waals surface area contributed by atoms with E-state index in [4.69, 9.17) is 10.5 Å². The molecule has 2 N–H and O–H groups in total. The van der Waals surface area contributed by atoms with Gasteiger partial charge in [-0.2, -0.15) is 0 Å². The number of ether oxygens (including phenoxy) is 1. The molecule has 1 heterocycles. The second-order valence-electron chi connectivity index (χ2n) is 4.31. The number of nitrogens with two attached hydrogens (primary N) is 1. The van der Waals surface area contributed by atoms with Crippen LogP contribution in [0.4, 0.5) is 0 Å². The predicted molar refractivity (Wildman–Crippen MR) is 53.7 cm³/mol. The van der Waals surface area contributed by atoms with Gasteiger partial charge in [0.25, 0.3) is 0 Å². The van der Waals surface area contributed by atoms with Crippen molar-refractivity contribution in [3.63, 3.8) is 0 Å². The van der Waals surface area contributed by atoms with Crippen molar-refractivity contribution in [2.75, 3.05) is 6.61 Å². The molecule has 2 rings (SSSR count). The van der Waals surface area contributed by atoms with Crippen molar-refractivity contribution >= 4 is 6.29 Å². The molecule has 78 valence electrons. The van der Waals surface area contributed by atoms with Crippen molar-refractivity contribution < 1.29 is 9.53 Å². The van der Waals surface area contributed by atoms with E-state index in [0.29, 0.717) is 5.70 Å². The van der Waals surface area contributed by atoms with Crippen LogP contribution in [0.5, 0.6) is 0 Å². The van der Waals surface area contributed by atoms with Crippen molar-refractivity contribution in [1.29, 1.82) is 0 Å². The van der Waals surface area contributed by atoms with Crippen LogP contribution < -0.4 is 5.73 Å². The first-order valence-electron chi connectivity index (χ1n) is 5.32. The highest BCUT2D eigenvalue weighted by molar-refractivity contribution is 5.73. The van der Waals surface area contributed by atoms with Crippen molar-refractivity contribution in [1.82, 2.24) is 0 Å². The van der Waals surface area contributed by atoms with Gasteiger partial charge in [-0.05, 0) is 44.1 Å². The molecule has 0 bridgehead atoms. The Balaban J connectivity index is 2.01. The number of hydrogen-bond donors (Lipinski definition) is 1. The van der Waals surface area contributed by atoms with Crippen LogP contribution in [0.1, 0.15) is 38.5 Å². The van der Waals surface area contributed by atoms with Gasteiger partial charge >= 0.3 is 0 Å². The molecule has 0 radical (unpaired) electrons. The molecule has 1 spiro atoms. The van der Waals surface area contributed by atoms with Gasteiger partial charge < -0.3 is 10.5 Å². The van der Waals surface area contributed by atoms with E-state index in [-0.39, 0.29) is 5.60 Å². The number of rotatable bonds is 1. The Bertz CT molecular complexity index is 252. The smallest absolute Gasteiger partial charge is 0.165 e. The molecule has 14 heavy (non-hydrogen) atoms. The molecule has 0 atom stereocenters. The highest BCUT2D eigenvalue weighted by Crippen LogP contribution is 2.41. The molecular weight excluding hydrogens is 178 g/mol. The Morgan fingerprint density at radius 3 is 2.57 bits per heavy atom. The second-order valence-corrected chi connectivity index (χ2v) is 4.31. The van der Waals surface area contributed by atoms with Crippen LogP contribution in [0.2, 0.25) is 0 Å². The Hall–Kier alpha value is -0.830. The summed E-state index contributed by atoms with van der Waals surface area (Å²) >= 11 is 0. The normalized spacial score (nSPS) is 32.1. The van der Waals surface area contributed by atoms with E-state index in [2.05, 4.69) is 0 Å². The van der Waals surface area contributed by atoms with Crippen LogP contribution >= 0.6 is 0 Å². The van der Waals surface area contributed by atoms with Crippen molar-refractivity contribution in [3.05, 3.63) is 11.3 Å². The first kappa shape index (κ1) is 9.71. The Morgan fingerprint density at radius 2 is 2.07 bits per heavy atom. The number of carbonyl (C=O) groups is 1. The lowest BCUT2D eigenvalue weighted by Crippen LogP contribution is -2.31. The zero-order chi connectivity index (χ0) is 10.0. The van der Waals surface area contributed by atoms with Crippen molar-refractivity contribution in [2.45, 2.75) is 44.1 Å². The van der Waals surface area contributed by atoms with E-state index in [1.807, 2.05) is 0 Å². The summed E-state index contributed by atoms with van der Waals surface area (Å²) in [5, 5.41) is 0. The van der Waals surface area contributed by atoms with Gasteiger partial charge in [-0.1, -0.05) is 0 Å². The van der Waals surface area contributed by atoms with Gasteiger partial charge in [0.05, 0.1) is 11.3 Å². The number of allylic oxidation sites excluding steroid dienone is 2. The van der Waals surface area contributed by atoms with E-state index < -0.39 is 0 Å². The molecule has 3 heteroatoms. The fourth-order valence-corrected chi connectivity index (χ4v) is 2.53. The SMILES string of the molecule is NC(C=O)=C1CCC2(CCCO2)CC1. The summed E-state index contributed by atoms with van der Waals surface area (Å²) in [4.78, 5) is 10.5. The highest BCUT2D eigenvalue weighted by Gasteiger charge is 2.37. The highest BCUT2D eigenvalue weighted by atomic mass is 16.5. The quantitative estimate of drug-likeness (QED) is 0.510. The molecule has 1 aliphatic heterocycles. The fourth-order valence-electron chi connectivity index (χ4n) is 2.53. The number of carbonyl (C=O) groups excluding carboxylic acids is 1. The average molecular weight is 195 g/mol. The molecule has 0 amide bonds. The molecule has 1 aliphatic carbocycles. The maximum atomic E-state index is 10.5. The van der Waals surface area contributed by atoms with Crippen molar-refractivity contribution in [2.24, 2.45) is 5.73 Å². The molecule has 2 aliphatic rings. The molecular formula is C11H17NO2. The summed E-state index contributed by atoms with van der Waals surface area (Å²) in [6.45, 7) is 0.905. The van der Waals surface area contributed by atoms with Crippen LogP contribution in [0, 0.1) is 0 Å². The third-order valence-corrected chi connectivity index (χ3v) is 3.48. The second kappa shape index (κ2) is 3.73. The Kier molecular flexibility index (Phi) is 2.59. The van der Waals surface area contributed by atoms with Gasteiger partial charge in [-0.25, -0.2) is 0 Å². The summed E-state index contributed by atoms with van der Waals surface area (Å²) in [6, 6.07) is 0. The maximum absolute atomic E-state index is 10.5. The van der Waals surface area contributed by atoms with Gasteiger partial charge in [0, 0.05) is 6.61 Å². The summed E-state index contributed by atoms with van der Waals surface area (Å²) in [6.07, 6.45) is 7.08. The van der Waals surface area contributed by atoms with Crippen LogP contribution in [-0.2, 0) is 9.53 Å². The molecule has 0 unspecified atom stereocenters. The molecule has 1 saturated heterocycles. The largest absolute Gasteiger partial charge is 0.396 e. The Labute approximate surface area is 84.3 Å². The molecule has 2 fully saturated rings. The third-order valence-electron chi connectivity index (χ3n) is 3.48. The zero-order valence-corrected chi connectivity index (χ0v) is 8.42. The van der Waals surface area contributed by atoms with Gasteiger partial charge in [0.2, 0.25) is 0 Å². The Morgan fingerprint density at radius 1 is 1.36 bits per heavy atom. The average Bonchev–Trinajstić information content (AvgIpc) is 2.67. The standard InChI is InChI=1S/C11H17NO2/c12-10(8-13)9-2-5-11(6-3-9)4-1-7-14-11/h8H,1-7,12H2. The van der Waals surface area contributed by atoms with Crippen LogP contribution in [-0.4, -0.2) is 18.5 Å². The lowest BCUT2D eigenvalue weighted by molar-refractivity contribution is -0.105. The minimum Gasteiger partial charge on any atom is -0.396 e. The van der Waals surface area contributed by atoms with Crippen molar-refractivity contribution in [3.8, 4) is 0 Å². The van der Waals surface area contributed by atoms with Gasteiger partial charge in [0.15, 0.2) is 6.29 Å². The molecule has 0 aromatic rings.